The molecule has 3 heterocycles. The number of para-hydroxylation sites is 1. The maximum Gasteiger partial charge on any atom is 0.291 e. The number of hydrogen-bond donors (Lipinski definition) is 4. The molecule has 1 amide bonds. The van der Waals surface area contributed by atoms with Gasteiger partial charge in [-0.25, -0.2) is 4.99 Å². The lowest BCUT2D eigenvalue weighted by Gasteiger charge is -2.35. The van der Waals surface area contributed by atoms with Gasteiger partial charge in [0.1, 0.15) is 0 Å². The number of carbonyl (C=O) groups is 1. The van der Waals surface area contributed by atoms with Crippen LogP contribution in [0.4, 0.5) is 5.69 Å². The number of benzodiazepines with no additional fused rings is 1. The Morgan fingerprint density at radius 2 is 1.83 bits per heavy atom. The molecule has 35 heavy (non-hydrogen) atoms. The zero-order valence-corrected chi connectivity index (χ0v) is 19.6. The Balaban J connectivity index is 1.37. The van der Waals surface area contributed by atoms with E-state index in [9.17, 15) is 4.79 Å². The number of fused-ring (bicyclic) bond motifs is 1. The molecule has 3 aliphatic rings. The third-order valence-corrected chi connectivity index (χ3v) is 6.81. The first-order valence-electron chi connectivity index (χ1n) is 12.2. The van der Waals surface area contributed by atoms with Crippen LogP contribution >= 0.6 is 0 Å². The van der Waals surface area contributed by atoms with Crippen molar-refractivity contribution in [2.24, 2.45) is 15.7 Å². The summed E-state index contributed by atoms with van der Waals surface area (Å²) in [5.74, 6) is -0.328. The minimum Gasteiger partial charge on any atom is -0.410 e. The third kappa shape index (κ3) is 5.11. The first-order chi connectivity index (χ1) is 17.1. The maximum absolute atomic E-state index is 13.0. The van der Waals surface area contributed by atoms with E-state index in [-0.39, 0.29) is 18.0 Å². The Morgan fingerprint density at radius 3 is 2.63 bits per heavy atom. The van der Waals surface area contributed by atoms with Gasteiger partial charge in [-0.15, -0.1) is 0 Å². The van der Waals surface area contributed by atoms with E-state index in [2.05, 4.69) is 25.5 Å². The van der Waals surface area contributed by atoms with Crippen LogP contribution < -0.4 is 16.4 Å². The summed E-state index contributed by atoms with van der Waals surface area (Å²) in [4.78, 5) is 24.3. The molecule has 0 saturated carbocycles. The predicted molar refractivity (Wildman–Crippen MR) is 137 cm³/mol. The number of hydrogen-bond acceptors (Lipinski definition) is 7. The largest absolute Gasteiger partial charge is 0.410 e. The lowest BCUT2D eigenvalue weighted by atomic mass is 10.0. The van der Waals surface area contributed by atoms with Gasteiger partial charge in [-0.2, -0.15) is 4.99 Å². The second-order valence-corrected chi connectivity index (χ2v) is 9.06. The fourth-order valence-electron chi connectivity index (χ4n) is 5.13. The number of ether oxygens (including phenoxy) is 1. The van der Waals surface area contributed by atoms with Crippen LogP contribution in [0.3, 0.4) is 0 Å². The van der Waals surface area contributed by atoms with Crippen molar-refractivity contribution in [2.75, 3.05) is 25.0 Å². The summed E-state index contributed by atoms with van der Waals surface area (Å²) in [6.45, 7) is 2.94. The lowest BCUT2D eigenvalue weighted by molar-refractivity contribution is -0.117. The molecule has 0 aliphatic carbocycles. The third-order valence-electron chi connectivity index (χ3n) is 6.81. The summed E-state index contributed by atoms with van der Waals surface area (Å²) in [7, 11) is 0. The SMILES string of the molecule is N=C(O/C(N)=N/C1N=C(c2ccccc2)c2ccccc2NC1=O)[C@@H]1CCCN1C1CCNCC1. The molecule has 1 unspecified atom stereocenters. The van der Waals surface area contributed by atoms with E-state index in [1.807, 2.05) is 54.6 Å². The smallest absolute Gasteiger partial charge is 0.291 e. The van der Waals surface area contributed by atoms with Crippen molar-refractivity contribution < 1.29 is 9.53 Å². The molecule has 2 aromatic carbocycles. The van der Waals surface area contributed by atoms with Gasteiger partial charge in [0.15, 0.2) is 0 Å². The highest BCUT2D eigenvalue weighted by Crippen LogP contribution is 2.26. The molecular weight excluding hydrogens is 442 g/mol. The van der Waals surface area contributed by atoms with E-state index < -0.39 is 12.1 Å². The van der Waals surface area contributed by atoms with Crippen molar-refractivity contribution in [3.63, 3.8) is 0 Å². The zero-order valence-electron chi connectivity index (χ0n) is 19.6. The number of benzene rings is 2. The number of nitrogens with two attached hydrogens (primary N) is 1. The molecular formula is C26H31N7O2. The van der Waals surface area contributed by atoms with Crippen LogP contribution in [0, 0.1) is 5.41 Å². The van der Waals surface area contributed by atoms with Crippen molar-refractivity contribution in [1.29, 1.82) is 5.41 Å². The summed E-state index contributed by atoms with van der Waals surface area (Å²) in [6, 6.07) is 17.3. The number of nitrogens with zero attached hydrogens (tertiary/aromatic N) is 3. The number of likely N-dealkylation sites (tertiary alicyclic amines) is 1. The number of amidine groups is 1. The van der Waals surface area contributed by atoms with E-state index in [0.717, 1.165) is 56.4 Å². The van der Waals surface area contributed by atoms with Crippen LogP contribution in [-0.2, 0) is 9.53 Å². The van der Waals surface area contributed by atoms with Gasteiger partial charge in [-0.3, -0.25) is 15.1 Å². The van der Waals surface area contributed by atoms with Crippen LogP contribution in [-0.4, -0.2) is 66.3 Å². The maximum atomic E-state index is 13.0. The normalized spacial score (nSPS) is 23.7. The topological polar surface area (TPSA) is 128 Å². The molecule has 0 aromatic heterocycles. The van der Waals surface area contributed by atoms with Crippen molar-refractivity contribution in [3.8, 4) is 0 Å². The van der Waals surface area contributed by atoms with E-state index in [4.69, 9.17) is 15.9 Å². The molecule has 0 radical (unpaired) electrons. The van der Waals surface area contributed by atoms with E-state index >= 15 is 0 Å². The highest BCUT2D eigenvalue weighted by Gasteiger charge is 2.35. The monoisotopic (exact) mass is 473 g/mol. The van der Waals surface area contributed by atoms with Gasteiger partial charge in [0.25, 0.3) is 11.9 Å². The van der Waals surface area contributed by atoms with E-state index in [1.54, 1.807) is 0 Å². The molecule has 5 rings (SSSR count). The average Bonchev–Trinajstić information content (AvgIpc) is 3.33. The molecule has 182 valence electrons. The van der Waals surface area contributed by atoms with Gasteiger partial charge >= 0.3 is 0 Å². The van der Waals surface area contributed by atoms with E-state index in [1.165, 1.54) is 0 Å². The number of aliphatic imine (C=N–C) groups is 2. The van der Waals surface area contributed by atoms with Crippen LogP contribution in [0.15, 0.2) is 64.6 Å². The number of amides is 1. The molecule has 9 heteroatoms. The molecule has 2 fully saturated rings. The van der Waals surface area contributed by atoms with Crippen LogP contribution in [0.1, 0.15) is 36.8 Å². The first-order valence-corrected chi connectivity index (χ1v) is 12.2. The van der Waals surface area contributed by atoms with Crippen molar-refractivity contribution in [3.05, 3.63) is 65.7 Å². The number of carbonyl (C=O) groups excluding carboxylic acids is 1. The minimum atomic E-state index is -1.13. The Bertz CT molecular complexity index is 1140. The number of nitrogens with one attached hydrogen (secondary N) is 3. The average molecular weight is 474 g/mol. The van der Waals surface area contributed by atoms with E-state index in [0.29, 0.717) is 17.4 Å². The zero-order chi connectivity index (χ0) is 24.2. The Labute approximate surface area is 205 Å². The fourth-order valence-corrected chi connectivity index (χ4v) is 5.13. The molecule has 2 saturated heterocycles. The number of anilines is 1. The van der Waals surface area contributed by atoms with Gasteiger partial charge in [0.05, 0.1) is 17.4 Å². The summed E-state index contributed by atoms with van der Waals surface area (Å²) >= 11 is 0. The fraction of sp³-hybridized carbons (Fsp3) is 0.385. The standard InChI is InChI=1S/C26H31N7O2/c27-23(21-11-6-16-33(21)18-12-14-29-15-13-18)35-26(28)32-24-25(34)30-20-10-5-4-9-19(20)22(31-24)17-7-2-1-3-8-17/h1-5,7-10,18,21,24,27,29H,6,11-16H2,(H2,28,32)(H,30,34)/t21-,24?/m0/s1. The molecule has 3 aliphatic heterocycles. The summed E-state index contributed by atoms with van der Waals surface area (Å²) in [6.07, 6.45) is 2.87. The highest BCUT2D eigenvalue weighted by molar-refractivity contribution is 6.19. The number of piperidine rings is 1. The highest BCUT2D eigenvalue weighted by atomic mass is 16.5. The van der Waals surface area contributed by atoms with Crippen molar-refractivity contribution >= 4 is 29.2 Å². The second kappa shape index (κ2) is 10.4. The van der Waals surface area contributed by atoms with Crippen molar-refractivity contribution in [1.82, 2.24) is 10.2 Å². The summed E-state index contributed by atoms with van der Waals surface area (Å²) in [5.41, 5.74) is 9.09. The lowest BCUT2D eigenvalue weighted by Crippen LogP contribution is -2.48. The van der Waals surface area contributed by atoms with Gasteiger partial charge in [0.2, 0.25) is 12.1 Å². The van der Waals surface area contributed by atoms with Crippen LogP contribution in [0.25, 0.3) is 0 Å². The second-order valence-electron chi connectivity index (χ2n) is 9.06. The van der Waals surface area contributed by atoms with Crippen molar-refractivity contribution in [2.45, 2.75) is 43.9 Å². The molecule has 2 atom stereocenters. The van der Waals surface area contributed by atoms with Gasteiger partial charge in [-0.05, 0) is 51.4 Å². The summed E-state index contributed by atoms with van der Waals surface area (Å²) in [5, 5.41) is 14.9. The Hall–Kier alpha value is -3.56. The summed E-state index contributed by atoms with van der Waals surface area (Å²) < 4.78 is 5.67. The predicted octanol–water partition coefficient (Wildman–Crippen LogP) is 2.33. The molecule has 0 bridgehead atoms. The molecule has 5 N–H and O–H groups in total. The molecule has 2 aromatic rings. The minimum absolute atomic E-state index is 0.0758. The van der Waals surface area contributed by atoms with Crippen LogP contribution in [0.2, 0.25) is 0 Å². The first kappa shape index (κ1) is 23.2. The Kier molecular flexibility index (Phi) is 6.87. The molecule has 0 spiro atoms. The van der Waals surface area contributed by atoms with Gasteiger partial charge in [-0.1, -0.05) is 48.5 Å². The molecule has 9 nitrogen and oxygen atoms in total. The number of rotatable bonds is 4. The quantitative estimate of drug-likeness (QED) is 0.400. The van der Waals surface area contributed by atoms with Crippen LogP contribution in [0.5, 0.6) is 0 Å². The Morgan fingerprint density at radius 1 is 1.09 bits per heavy atom. The van der Waals surface area contributed by atoms with Gasteiger partial charge in [0, 0.05) is 17.2 Å². The van der Waals surface area contributed by atoms with Gasteiger partial charge < -0.3 is 21.1 Å².